The zero-order chi connectivity index (χ0) is 10.8. The number of hydrogen-bond acceptors (Lipinski definition) is 1. The first-order valence-corrected chi connectivity index (χ1v) is 8.15. The van der Waals surface area contributed by atoms with Gasteiger partial charge in [0, 0.05) is 12.5 Å². The van der Waals surface area contributed by atoms with Gasteiger partial charge < -0.3 is 4.43 Å². The largest absolute Gasteiger partial charge is 0.414 e. The van der Waals surface area contributed by atoms with Crippen LogP contribution in [0.4, 0.5) is 13.2 Å². The number of rotatable bonds is 2. The van der Waals surface area contributed by atoms with Gasteiger partial charge in [-0.3, -0.25) is 0 Å². The predicted octanol–water partition coefficient (Wildman–Crippen LogP) is 3.71. The smallest absolute Gasteiger partial charge is 0.389 e. The molecule has 1 fully saturated rings. The number of hydrogen-bond donors (Lipinski definition) is 0. The van der Waals surface area contributed by atoms with Gasteiger partial charge in [-0.1, -0.05) is 6.42 Å². The Morgan fingerprint density at radius 3 is 2.50 bits per heavy atom. The summed E-state index contributed by atoms with van der Waals surface area (Å²) in [6, 6.07) is 1.08. The van der Waals surface area contributed by atoms with Crippen molar-refractivity contribution in [2.45, 2.75) is 57.1 Å². The van der Waals surface area contributed by atoms with E-state index in [-0.39, 0.29) is 12.5 Å². The fourth-order valence-corrected chi connectivity index (χ4v) is 4.16. The minimum absolute atomic E-state index is 0.139. The molecule has 1 heterocycles. The Hall–Kier alpha value is -0.0331. The first kappa shape index (κ1) is 12.0. The van der Waals surface area contributed by atoms with Gasteiger partial charge in [-0.05, 0) is 32.0 Å². The van der Waals surface area contributed by atoms with E-state index in [1.807, 2.05) is 0 Å². The standard InChI is InChI=1S/C9H17F3OSi/c1-14(2)7-3-4-8(13-14)5-6-9(10,11)12/h8H,3-7H2,1-2H3. The van der Waals surface area contributed by atoms with Crippen LogP contribution in [0.5, 0.6) is 0 Å². The zero-order valence-electron chi connectivity index (χ0n) is 8.66. The molecule has 1 unspecified atom stereocenters. The lowest BCUT2D eigenvalue weighted by Crippen LogP contribution is -2.39. The highest BCUT2D eigenvalue weighted by molar-refractivity contribution is 6.71. The fraction of sp³-hybridized carbons (Fsp3) is 1.00. The first-order valence-electron chi connectivity index (χ1n) is 5.03. The lowest BCUT2D eigenvalue weighted by Gasteiger charge is -2.34. The molecular weight excluding hydrogens is 209 g/mol. The second-order valence-corrected chi connectivity index (χ2v) is 8.80. The van der Waals surface area contributed by atoms with Crippen molar-refractivity contribution in [1.82, 2.24) is 0 Å². The lowest BCUT2D eigenvalue weighted by molar-refractivity contribution is -0.139. The summed E-state index contributed by atoms with van der Waals surface area (Å²) in [6.45, 7) is 4.15. The third-order valence-electron chi connectivity index (χ3n) is 2.54. The molecular formula is C9H17F3OSi. The molecule has 1 rings (SSSR count). The summed E-state index contributed by atoms with van der Waals surface area (Å²) in [5, 5.41) is 0. The van der Waals surface area contributed by atoms with Crippen LogP contribution in [0.1, 0.15) is 25.7 Å². The topological polar surface area (TPSA) is 9.23 Å². The SMILES string of the molecule is C[Si]1(C)CCCC(CCC(F)(F)F)O1. The van der Waals surface area contributed by atoms with E-state index in [1.54, 1.807) is 0 Å². The minimum atomic E-state index is -4.04. The van der Waals surface area contributed by atoms with E-state index < -0.39 is 20.9 Å². The molecule has 0 radical (unpaired) electrons. The van der Waals surface area contributed by atoms with Crippen LogP contribution >= 0.6 is 0 Å². The second kappa shape index (κ2) is 4.22. The molecule has 0 amide bonds. The monoisotopic (exact) mass is 226 g/mol. The highest BCUT2D eigenvalue weighted by Gasteiger charge is 2.34. The molecule has 5 heteroatoms. The van der Waals surface area contributed by atoms with Gasteiger partial charge >= 0.3 is 6.18 Å². The van der Waals surface area contributed by atoms with Crippen molar-refractivity contribution in [3.05, 3.63) is 0 Å². The van der Waals surface area contributed by atoms with Crippen molar-refractivity contribution >= 4 is 8.32 Å². The molecule has 0 spiro atoms. The van der Waals surface area contributed by atoms with E-state index in [0.29, 0.717) is 0 Å². The van der Waals surface area contributed by atoms with Gasteiger partial charge in [-0.15, -0.1) is 0 Å². The summed E-state index contributed by atoms with van der Waals surface area (Å²) in [7, 11) is -1.62. The molecule has 1 aliphatic rings. The summed E-state index contributed by atoms with van der Waals surface area (Å²) < 4.78 is 41.6. The van der Waals surface area contributed by atoms with Gasteiger partial charge in [-0.25, -0.2) is 0 Å². The molecule has 1 aliphatic heterocycles. The molecule has 14 heavy (non-hydrogen) atoms. The maximum Gasteiger partial charge on any atom is 0.389 e. The third-order valence-corrected chi connectivity index (χ3v) is 5.07. The van der Waals surface area contributed by atoms with E-state index in [9.17, 15) is 13.2 Å². The molecule has 0 aromatic heterocycles. The molecule has 84 valence electrons. The average Bonchev–Trinajstić information content (AvgIpc) is 1.98. The van der Waals surface area contributed by atoms with Crippen LogP contribution in [0.15, 0.2) is 0 Å². The summed E-state index contributed by atoms with van der Waals surface area (Å²) in [6.07, 6.45) is -2.92. The summed E-state index contributed by atoms with van der Waals surface area (Å²) in [5.74, 6) is 0. The van der Waals surface area contributed by atoms with Gasteiger partial charge in [-0.2, -0.15) is 13.2 Å². The molecule has 0 saturated carbocycles. The summed E-state index contributed by atoms with van der Waals surface area (Å²) in [5.41, 5.74) is 0. The molecule has 0 aromatic rings. The Labute approximate surface area is 83.8 Å². The van der Waals surface area contributed by atoms with Crippen molar-refractivity contribution in [2.24, 2.45) is 0 Å². The first-order chi connectivity index (χ1) is 6.29. The van der Waals surface area contributed by atoms with Crippen molar-refractivity contribution in [1.29, 1.82) is 0 Å². The van der Waals surface area contributed by atoms with Crippen molar-refractivity contribution in [3.63, 3.8) is 0 Å². The van der Waals surface area contributed by atoms with Crippen LogP contribution in [0.25, 0.3) is 0 Å². The Balaban J connectivity index is 2.32. The van der Waals surface area contributed by atoms with Crippen LogP contribution in [0.2, 0.25) is 19.1 Å². The van der Waals surface area contributed by atoms with Crippen LogP contribution < -0.4 is 0 Å². The van der Waals surface area contributed by atoms with Gasteiger partial charge in [0.25, 0.3) is 0 Å². The van der Waals surface area contributed by atoms with Gasteiger partial charge in [0.2, 0.25) is 0 Å². The molecule has 0 aromatic carbocycles. The molecule has 1 nitrogen and oxygen atoms in total. The van der Waals surface area contributed by atoms with E-state index in [0.717, 1.165) is 18.9 Å². The maximum absolute atomic E-state index is 12.0. The Bertz CT molecular complexity index is 191. The normalized spacial score (nSPS) is 27.6. The quantitative estimate of drug-likeness (QED) is 0.652. The Morgan fingerprint density at radius 2 is 2.00 bits per heavy atom. The van der Waals surface area contributed by atoms with Crippen LogP contribution in [0, 0.1) is 0 Å². The highest BCUT2D eigenvalue weighted by atomic mass is 28.4. The molecule has 0 aliphatic carbocycles. The van der Waals surface area contributed by atoms with Crippen molar-refractivity contribution < 1.29 is 17.6 Å². The zero-order valence-corrected chi connectivity index (χ0v) is 9.66. The summed E-state index contributed by atoms with van der Waals surface area (Å²) in [4.78, 5) is 0. The number of alkyl halides is 3. The van der Waals surface area contributed by atoms with Crippen molar-refractivity contribution in [2.75, 3.05) is 0 Å². The molecule has 0 N–H and O–H groups in total. The molecule has 1 saturated heterocycles. The number of halogens is 3. The van der Waals surface area contributed by atoms with E-state index >= 15 is 0 Å². The van der Waals surface area contributed by atoms with Gasteiger partial charge in [0.15, 0.2) is 8.32 Å². The van der Waals surface area contributed by atoms with E-state index in [1.165, 1.54) is 0 Å². The van der Waals surface area contributed by atoms with Crippen LogP contribution in [-0.2, 0) is 4.43 Å². The van der Waals surface area contributed by atoms with Crippen LogP contribution in [-0.4, -0.2) is 20.6 Å². The Kier molecular flexibility index (Phi) is 3.63. The van der Waals surface area contributed by atoms with E-state index in [2.05, 4.69) is 13.1 Å². The van der Waals surface area contributed by atoms with Gasteiger partial charge in [0.1, 0.15) is 0 Å². The lowest BCUT2D eigenvalue weighted by atomic mass is 10.1. The minimum Gasteiger partial charge on any atom is -0.414 e. The van der Waals surface area contributed by atoms with E-state index in [4.69, 9.17) is 4.43 Å². The van der Waals surface area contributed by atoms with Gasteiger partial charge in [0.05, 0.1) is 0 Å². The second-order valence-electron chi connectivity index (χ2n) is 4.55. The Morgan fingerprint density at radius 1 is 1.36 bits per heavy atom. The molecule has 0 bridgehead atoms. The highest BCUT2D eigenvalue weighted by Crippen LogP contribution is 2.31. The average molecular weight is 226 g/mol. The fourth-order valence-electron chi connectivity index (χ4n) is 1.85. The van der Waals surface area contributed by atoms with Crippen molar-refractivity contribution in [3.8, 4) is 0 Å². The van der Waals surface area contributed by atoms with Crippen LogP contribution in [0.3, 0.4) is 0 Å². The molecule has 1 atom stereocenters. The maximum atomic E-state index is 12.0. The third kappa shape index (κ3) is 4.46. The predicted molar refractivity (Wildman–Crippen MR) is 51.7 cm³/mol. The summed E-state index contributed by atoms with van der Waals surface area (Å²) >= 11 is 0.